The molecule has 0 aliphatic carbocycles. The monoisotopic (exact) mass is 291 g/mol. The van der Waals surface area contributed by atoms with Crippen molar-refractivity contribution in [3.05, 3.63) is 11.4 Å². The standard InChI is InChI=1S/C13H27N2O3P/c1-7-13(10-16)18-19(17-9-8-14-6)15(11(2)3)12(4)5/h11-13,16H,7-10H2,1-5H3/i16D. The van der Waals surface area contributed by atoms with Crippen LogP contribution in [0.15, 0.2) is 0 Å². The molecule has 0 saturated carbocycles. The third-order valence-corrected chi connectivity index (χ3v) is 4.71. The second kappa shape index (κ2) is 10.5. The fourth-order valence-corrected chi connectivity index (χ4v) is 3.40. The predicted octanol–water partition coefficient (Wildman–Crippen LogP) is 3.06. The summed E-state index contributed by atoms with van der Waals surface area (Å²) in [5, 5.41) is 4.43. The summed E-state index contributed by atoms with van der Waals surface area (Å²) in [4.78, 5) is 3.30. The average Bonchev–Trinajstić information content (AvgIpc) is 2.37. The Morgan fingerprint density at radius 2 is 2.00 bits per heavy atom. The second-order valence-corrected chi connectivity index (χ2v) is 6.23. The van der Waals surface area contributed by atoms with Crippen molar-refractivity contribution < 1.29 is 14.2 Å². The molecule has 0 saturated heterocycles. The molecule has 6 heteroatoms. The molecule has 0 aromatic heterocycles. The first-order valence-electron chi connectivity index (χ1n) is 7.18. The van der Waals surface area contributed by atoms with Gasteiger partial charge in [0.2, 0.25) is 7.98 Å². The van der Waals surface area contributed by atoms with Crippen molar-refractivity contribution in [2.45, 2.75) is 59.2 Å². The topological polar surface area (TPSA) is 46.3 Å². The van der Waals surface area contributed by atoms with Crippen molar-refractivity contribution in [1.29, 1.82) is 1.43 Å². The Morgan fingerprint density at radius 3 is 2.42 bits per heavy atom. The van der Waals surface area contributed by atoms with E-state index in [0.717, 1.165) is 6.42 Å². The van der Waals surface area contributed by atoms with Crippen LogP contribution in [-0.2, 0) is 9.05 Å². The van der Waals surface area contributed by atoms with Gasteiger partial charge < -0.3 is 19.0 Å². The van der Waals surface area contributed by atoms with Gasteiger partial charge in [0.15, 0.2) is 0 Å². The molecule has 0 fully saturated rings. The lowest BCUT2D eigenvalue weighted by molar-refractivity contribution is 0.0838. The lowest BCUT2D eigenvalue weighted by atomic mass is 10.3. The molecule has 0 aliphatic heterocycles. The van der Waals surface area contributed by atoms with E-state index in [1.807, 2.05) is 6.92 Å². The predicted molar refractivity (Wildman–Crippen MR) is 78.7 cm³/mol. The largest absolute Gasteiger partial charge is 0.394 e. The molecular weight excluding hydrogens is 263 g/mol. The van der Waals surface area contributed by atoms with E-state index in [4.69, 9.17) is 17.1 Å². The van der Waals surface area contributed by atoms with Crippen LogP contribution in [0.3, 0.4) is 0 Å². The highest BCUT2D eigenvalue weighted by atomic mass is 31.2. The fourth-order valence-electron chi connectivity index (χ4n) is 1.64. The van der Waals surface area contributed by atoms with Gasteiger partial charge in [-0.15, -0.1) is 0 Å². The average molecular weight is 291 g/mol. The molecular formula is C13H27N2O3P. The highest BCUT2D eigenvalue weighted by molar-refractivity contribution is 7.44. The van der Waals surface area contributed by atoms with Crippen LogP contribution in [-0.4, -0.2) is 49.2 Å². The molecule has 2 atom stereocenters. The third kappa shape index (κ3) is 7.20. The molecule has 2 unspecified atom stereocenters. The number of nitrogens with zero attached hydrogens (tertiary/aromatic N) is 2. The summed E-state index contributed by atoms with van der Waals surface area (Å²) >= 11 is 0. The van der Waals surface area contributed by atoms with Crippen LogP contribution in [0, 0.1) is 6.57 Å². The summed E-state index contributed by atoms with van der Waals surface area (Å²) < 4.78 is 20.8. The first-order valence-corrected chi connectivity index (χ1v) is 7.90. The normalized spacial score (nSPS) is 15.6. The molecule has 0 spiro atoms. The maximum absolute atomic E-state index is 6.86. The maximum atomic E-state index is 6.86. The zero-order chi connectivity index (χ0) is 15.5. The molecule has 0 radical (unpaired) electrons. The van der Waals surface area contributed by atoms with Crippen LogP contribution in [0.1, 0.15) is 41.0 Å². The number of hydrogen-bond acceptors (Lipinski definition) is 4. The third-order valence-electron chi connectivity index (χ3n) is 2.53. The van der Waals surface area contributed by atoms with Crippen LogP contribution >= 0.6 is 8.53 Å². The minimum atomic E-state index is -1.24. The van der Waals surface area contributed by atoms with Gasteiger partial charge in [-0.25, -0.2) is 11.2 Å². The Kier molecular flexibility index (Phi) is 9.32. The van der Waals surface area contributed by atoms with E-state index >= 15 is 0 Å². The molecule has 0 aromatic rings. The number of hydrogen-bond donors (Lipinski definition) is 1. The fraction of sp³-hybridized carbons (Fsp3) is 0.923. The van der Waals surface area contributed by atoms with Crippen molar-refractivity contribution >= 4 is 8.53 Å². The smallest absolute Gasteiger partial charge is 0.259 e. The van der Waals surface area contributed by atoms with Gasteiger partial charge in [0.1, 0.15) is 6.61 Å². The van der Waals surface area contributed by atoms with Crippen LogP contribution in [0.2, 0.25) is 0 Å². The van der Waals surface area contributed by atoms with E-state index in [9.17, 15) is 0 Å². The number of aliphatic hydroxyl groups excluding tert-OH is 1. The first kappa shape index (κ1) is 16.8. The van der Waals surface area contributed by atoms with Gasteiger partial charge in [0, 0.05) is 12.1 Å². The van der Waals surface area contributed by atoms with Gasteiger partial charge in [-0.1, -0.05) is 6.92 Å². The Balaban J connectivity index is 4.80. The summed E-state index contributed by atoms with van der Waals surface area (Å²) in [6.45, 7) is 18.1. The van der Waals surface area contributed by atoms with Crippen LogP contribution in [0.5, 0.6) is 0 Å². The van der Waals surface area contributed by atoms with E-state index < -0.39 is 8.53 Å². The molecule has 0 amide bonds. The summed E-state index contributed by atoms with van der Waals surface area (Å²) in [6.07, 6.45) is 0.597. The quantitative estimate of drug-likeness (QED) is 0.361. The minimum absolute atomic E-state index is 0.161. The highest BCUT2D eigenvalue weighted by Gasteiger charge is 2.29. The molecule has 0 aromatic carbocycles. The zero-order valence-electron chi connectivity index (χ0n) is 13.6. The van der Waals surface area contributed by atoms with Gasteiger partial charge in [0.05, 0.1) is 12.7 Å². The number of aliphatic hydroxyl groups is 1. The van der Waals surface area contributed by atoms with Crippen LogP contribution in [0.25, 0.3) is 4.85 Å². The van der Waals surface area contributed by atoms with Crippen molar-refractivity contribution in [2.75, 3.05) is 19.8 Å². The van der Waals surface area contributed by atoms with Crippen LogP contribution < -0.4 is 0 Å². The highest BCUT2D eigenvalue weighted by Crippen LogP contribution is 2.47. The van der Waals surface area contributed by atoms with E-state index in [1.54, 1.807) is 0 Å². The van der Waals surface area contributed by atoms with E-state index in [-0.39, 0.29) is 24.8 Å². The van der Waals surface area contributed by atoms with Gasteiger partial charge in [-0.05, 0) is 34.1 Å². The van der Waals surface area contributed by atoms with E-state index in [0.29, 0.717) is 13.2 Å². The lowest BCUT2D eigenvalue weighted by Gasteiger charge is -2.36. The SMILES string of the molecule is [2H]OCC(CC)OP(OCC[N+]#[C-])N(C(C)C)C(C)C. The lowest BCUT2D eigenvalue weighted by Crippen LogP contribution is -2.35. The van der Waals surface area contributed by atoms with Crippen molar-refractivity contribution in [3.8, 4) is 0 Å². The number of rotatable bonds is 11. The van der Waals surface area contributed by atoms with Gasteiger partial charge in [-0.2, -0.15) is 0 Å². The Bertz CT molecular complexity index is 279. The molecule has 1 N–H and O–H groups in total. The van der Waals surface area contributed by atoms with Gasteiger partial charge in [-0.3, -0.25) is 0 Å². The summed E-state index contributed by atoms with van der Waals surface area (Å²) in [5.41, 5.74) is 0. The molecule has 112 valence electrons. The minimum Gasteiger partial charge on any atom is -0.394 e. The first-order chi connectivity index (χ1) is 9.47. The summed E-state index contributed by atoms with van der Waals surface area (Å²) in [7, 11) is -1.24. The summed E-state index contributed by atoms with van der Waals surface area (Å²) in [5.74, 6) is 0. The summed E-state index contributed by atoms with van der Waals surface area (Å²) in [6, 6.07) is 0.562. The van der Waals surface area contributed by atoms with E-state index in [1.165, 1.54) is 0 Å². The van der Waals surface area contributed by atoms with Crippen molar-refractivity contribution in [3.63, 3.8) is 0 Å². The molecule has 5 nitrogen and oxygen atoms in total. The van der Waals surface area contributed by atoms with Crippen molar-refractivity contribution in [2.24, 2.45) is 0 Å². The maximum Gasteiger partial charge on any atom is 0.259 e. The zero-order valence-corrected chi connectivity index (χ0v) is 13.5. The van der Waals surface area contributed by atoms with Gasteiger partial charge >= 0.3 is 0 Å². The Hall–Kier alpha value is -0.240. The van der Waals surface area contributed by atoms with Crippen LogP contribution in [0.4, 0.5) is 0 Å². The molecule has 0 heterocycles. The molecule has 0 aliphatic rings. The molecule has 0 rings (SSSR count). The van der Waals surface area contributed by atoms with Gasteiger partial charge in [0.25, 0.3) is 8.53 Å². The Labute approximate surface area is 120 Å². The molecule has 19 heavy (non-hydrogen) atoms. The van der Waals surface area contributed by atoms with E-state index in [2.05, 4.69) is 42.3 Å². The second-order valence-electron chi connectivity index (χ2n) is 4.82. The Morgan fingerprint density at radius 1 is 1.37 bits per heavy atom. The molecule has 0 bridgehead atoms. The van der Waals surface area contributed by atoms with Crippen molar-refractivity contribution in [1.82, 2.24) is 4.67 Å².